The fourth-order valence-corrected chi connectivity index (χ4v) is 4.41. The van der Waals surface area contributed by atoms with E-state index in [1.807, 2.05) is 29.4 Å². The quantitative estimate of drug-likeness (QED) is 0.646. The lowest BCUT2D eigenvalue weighted by atomic mass is 10.2. The minimum absolute atomic E-state index is 0.210. The number of morpholine rings is 1. The van der Waals surface area contributed by atoms with E-state index in [9.17, 15) is 4.79 Å². The van der Waals surface area contributed by atoms with Gasteiger partial charge in [-0.3, -0.25) is 14.3 Å². The molecular formula is C23H28N6O2. The van der Waals surface area contributed by atoms with E-state index in [4.69, 9.17) is 10.5 Å². The van der Waals surface area contributed by atoms with Crippen LogP contribution in [0.2, 0.25) is 0 Å². The second-order valence-corrected chi connectivity index (χ2v) is 8.11. The molecule has 3 heterocycles. The van der Waals surface area contributed by atoms with Crippen molar-refractivity contribution in [1.82, 2.24) is 19.4 Å². The third kappa shape index (κ3) is 4.08. The van der Waals surface area contributed by atoms with E-state index in [-0.39, 0.29) is 5.91 Å². The first-order valence-electron chi connectivity index (χ1n) is 10.8. The summed E-state index contributed by atoms with van der Waals surface area (Å²) in [5.41, 5.74) is 10.8. The van der Waals surface area contributed by atoms with E-state index < -0.39 is 0 Å². The van der Waals surface area contributed by atoms with Gasteiger partial charge in [-0.1, -0.05) is 12.1 Å². The van der Waals surface area contributed by atoms with Crippen LogP contribution in [0.5, 0.6) is 0 Å². The molecule has 8 nitrogen and oxygen atoms in total. The van der Waals surface area contributed by atoms with Gasteiger partial charge in [-0.15, -0.1) is 0 Å². The van der Waals surface area contributed by atoms with Crippen molar-refractivity contribution in [3.63, 3.8) is 0 Å². The van der Waals surface area contributed by atoms with Crippen LogP contribution in [0.4, 0.5) is 11.4 Å². The number of benzene rings is 2. The molecule has 0 saturated carbocycles. The number of hydrogen-bond acceptors (Lipinski definition) is 6. The van der Waals surface area contributed by atoms with E-state index in [1.165, 1.54) is 5.69 Å². The average molecular weight is 421 g/mol. The van der Waals surface area contributed by atoms with Crippen LogP contribution in [-0.2, 0) is 9.53 Å². The largest absolute Gasteiger partial charge is 0.399 e. The van der Waals surface area contributed by atoms with Gasteiger partial charge in [0.15, 0.2) is 0 Å². The maximum atomic E-state index is 12.6. The van der Waals surface area contributed by atoms with E-state index in [2.05, 4.69) is 43.6 Å². The number of piperazine rings is 1. The number of amides is 1. The van der Waals surface area contributed by atoms with Crippen molar-refractivity contribution in [2.24, 2.45) is 0 Å². The van der Waals surface area contributed by atoms with E-state index in [1.54, 1.807) is 0 Å². The molecular weight excluding hydrogens is 392 g/mol. The van der Waals surface area contributed by atoms with Gasteiger partial charge in [-0.05, 0) is 30.3 Å². The van der Waals surface area contributed by atoms with Gasteiger partial charge in [0, 0.05) is 45.0 Å². The smallest absolute Gasteiger partial charge is 0.236 e. The molecule has 0 bridgehead atoms. The van der Waals surface area contributed by atoms with Crippen molar-refractivity contribution < 1.29 is 9.53 Å². The number of rotatable bonds is 4. The Hall–Kier alpha value is -3.10. The van der Waals surface area contributed by atoms with Crippen molar-refractivity contribution >= 4 is 28.3 Å². The minimum Gasteiger partial charge on any atom is -0.399 e. The highest BCUT2D eigenvalue weighted by molar-refractivity contribution is 5.82. The van der Waals surface area contributed by atoms with Crippen LogP contribution in [0.15, 0.2) is 48.8 Å². The lowest BCUT2D eigenvalue weighted by Crippen LogP contribution is -2.51. The topological polar surface area (TPSA) is 79.9 Å². The molecule has 8 heteroatoms. The second-order valence-electron chi connectivity index (χ2n) is 8.11. The van der Waals surface area contributed by atoms with Gasteiger partial charge < -0.3 is 20.3 Å². The van der Waals surface area contributed by atoms with Crippen LogP contribution in [0.3, 0.4) is 0 Å². The number of ether oxygens (including phenoxy) is 1. The number of anilines is 2. The number of imidazole rings is 1. The van der Waals surface area contributed by atoms with Crippen LogP contribution in [-0.4, -0.2) is 84.3 Å². The van der Waals surface area contributed by atoms with Gasteiger partial charge in [-0.25, -0.2) is 4.98 Å². The summed E-state index contributed by atoms with van der Waals surface area (Å²) in [6.07, 6.45) is 1.86. The highest BCUT2D eigenvalue weighted by Crippen LogP contribution is 2.29. The van der Waals surface area contributed by atoms with Gasteiger partial charge in [0.2, 0.25) is 5.91 Å². The number of carbonyl (C=O) groups is 1. The Kier molecular flexibility index (Phi) is 5.48. The highest BCUT2D eigenvalue weighted by Gasteiger charge is 2.24. The molecule has 3 aromatic rings. The molecule has 162 valence electrons. The number of aromatic nitrogens is 2. The predicted octanol–water partition coefficient (Wildman–Crippen LogP) is 1.59. The molecule has 0 radical (unpaired) electrons. The molecule has 0 atom stereocenters. The standard InChI is InChI=1S/C23H28N6O2/c24-18-5-6-20-19(15-18)25-17-29(20)22-4-2-1-3-21(22)27-9-7-26(8-10-27)16-23(30)28-11-13-31-14-12-28/h1-6,15,17H,7-14,16,24H2. The summed E-state index contributed by atoms with van der Waals surface area (Å²) in [7, 11) is 0. The fourth-order valence-electron chi connectivity index (χ4n) is 4.41. The number of nitrogens with zero attached hydrogens (tertiary/aromatic N) is 5. The van der Waals surface area contributed by atoms with Crippen LogP contribution in [0.1, 0.15) is 0 Å². The van der Waals surface area contributed by atoms with Crippen molar-refractivity contribution in [1.29, 1.82) is 0 Å². The molecule has 0 aliphatic carbocycles. The van der Waals surface area contributed by atoms with Gasteiger partial charge >= 0.3 is 0 Å². The van der Waals surface area contributed by atoms with Crippen molar-refractivity contribution in [2.45, 2.75) is 0 Å². The minimum atomic E-state index is 0.210. The summed E-state index contributed by atoms with van der Waals surface area (Å²) < 4.78 is 7.47. The number of hydrogen-bond donors (Lipinski definition) is 1. The predicted molar refractivity (Wildman–Crippen MR) is 122 cm³/mol. The second kappa shape index (κ2) is 8.56. The molecule has 2 aliphatic rings. The van der Waals surface area contributed by atoms with Crippen LogP contribution < -0.4 is 10.6 Å². The molecule has 1 amide bonds. The zero-order valence-corrected chi connectivity index (χ0v) is 17.6. The fraction of sp³-hybridized carbons (Fsp3) is 0.391. The summed E-state index contributed by atoms with van der Waals surface area (Å²) in [6, 6.07) is 14.2. The Morgan fingerprint density at radius 1 is 0.968 bits per heavy atom. The van der Waals surface area contributed by atoms with Crippen LogP contribution >= 0.6 is 0 Å². The molecule has 5 rings (SSSR count). The number of carbonyl (C=O) groups excluding carboxylic acids is 1. The van der Waals surface area contributed by atoms with E-state index in [0.717, 1.165) is 42.9 Å². The zero-order chi connectivity index (χ0) is 21.2. The van der Waals surface area contributed by atoms with E-state index >= 15 is 0 Å². The number of nitrogens with two attached hydrogens (primary N) is 1. The maximum Gasteiger partial charge on any atom is 0.236 e. The van der Waals surface area contributed by atoms with E-state index in [0.29, 0.717) is 38.5 Å². The first-order valence-corrected chi connectivity index (χ1v) is 10.8. The number of nitrogen functional groups attached to an aromatic ring is 1. The molecule has 2 N–H and O–H groups in total. The monoisotopic (exact) mass is 420 g/mol. The van der Waals surface area contributed by atoms with Gasteiger partial charge in [0.25, 0.3) is 0 Å². The van der Waals surface area contributed by atoms with Gasteiger partial charge in [-0.2, -0.15) is 0 Å². The van der Waals surface area contributed by atoms with Gasteiger partial charge in [0.05, 0.1) is 42.2 Å². The molecule has 0 spiro atoms. The summed E-state index contributed by atoms with van der Waals surface area (Å²) in [4.78, 5) is 23.7. The molecule has 2 aromatic carbocycles. The van der Waals surface area contributed by atoms with Crippen LogP contribution in [0, 0.1) is 0 Å². The zero-order valence-electron chi connectivity index (χ0n) is 17.6. The first-order chi connectivity index (χ1) is 15.2. The Morgan fingerprint density at radius 2 is 1.71 bits per heavy atom. The third-order valence-corrected chi connectivity index (χ3v) is 6.15. The summed E-state index contributed by atoms with van der Waals surface area (Å²) in [5, 5.41) is 0. The Bertz CT molecular complexity index is 1070. The maximum absolute atomic E-state index is 12.6. The number of para-hydroxylation sites is 2. The molecule has 31 heavy (non-hydrogen) atoms. The molecule has 2 saturated heterocycles. The lowest BCUT2D eigenvalue weighted by molar-refractivity contribution is -0.136. The Balaban J connectivity index is 1.29. The first kappa shape index (κ1) is 19.8. The average Bonchev–Trinajstić information content (AvgIpc) is 3.23. The lowest BCUT2D eigenvalue weighted by Gasteiger charge is -2.37. The SMILES string of the molecule is Nc1ccc2c(c1)ncn2-c1ccccc1N1CCN(CC(=O)N2CCOCC2)CC1. The summed E-state index contributed by atoms with van der Waals surface area (Å²) in [5.74, 6) is 0.210. The molecule has 1 aromatic heterocycles. The summed E-state index contributed by atoms with van der Waals surface area (Å²) >= 11 is 0. The summed E-state index contributed by atoms with van der Waals surface area (Å²) in [6.45, 7) is 6.69. The van der Waals surface area contributed by atoms with Crippen LogP contribution in [0.25, 0.3) is 16.7 Å². The van der Waals surface area contributed by atoms with Gasteiger partial charge in [0.1, 0.15) is 6.33 Å². The normalized spacial score (nSPS) is 17.9. The molecule has 0 unspecified atom stereocenters. The van der Waals surface area contributed by atoms with Crippen molar-refractivity contribution in [3.05, 3.63) is 48.8 Å². The van der Waals surface area contributed by atoms with Crippen molar-refractivity contribution in [2.75, 3.05) is 69.7 Å². The molecule has 2 fully saturated rings. The van der Waals surface area contributed by atoms with Crippen molar-refractivity contribution in [3.8, 4) is 5.69 Å². The molecule has 2 aliphatic heterocycles. The highest BCUT2D eigenvalue weighted by atomic mass is 16.5. The Labute approximate surface area is 181 Å². The Morgan fingerprint density at radius 3 is 2.48 bits per heavy atom. The number of fused-ring (bicyclic) bond motifs is 1. The third-order valence-electron chi connectivity index (χ3n) is 6.15.